The van der Waals surface area contributed by atoms with Crippen LogP contribution in [0, 0.1) is 27.9 Å². The highest BCUT2D eigenvalue weighted by Crippen LogP contribution is 2.43. The summed E-state index contributed by atoms with van der Waals surface area (Å²) in [7, 11) is 0. The Morgan fingerprint density at radius 2 is 1.66 bits per heavy atom. The molecule has 8 nitrogen and oxygen atoms in total. The first-order chi connectivity index (χ1) is 16.8. The number of carbonyl (C=O) groups is 2. The fourth-order valence-corrected chi connectivity index (χ4v) is 5.83. The minimum absolute atomic E-state index is 0.0718. The van der Waals surface area contributed by atoms with E-state index in [4.69, 9.17) is 11.6 Å². The van der Waals surface area contributed by atoms with Crippen molar-refractivity contribution >= 4 is 40.5 Å². The Morgan fingerprint density at radius 3 is 2.34 bits per heavy atom. The Kier molecular flexibility index (Phi) is 6.51. The molecule has 2 aromatic carbocycles. The summed E-state index contributed by atoms with van der Waals surface area (Å²) in [5, 5.41) is 12.7. The molecule has 5 rings (SSSR count). The minimum Gasteiger partial charge on any atom is -0.363 e. The molecule has 35 heavy (non-hydrogen) atoms. The predicted octanol–water partition coefficient (Wildman–Crippen LogP) is 4.50. The number of halogens is 1. The molecule has 2 amide bonds. The summed E-state index contributed by atoms with van der Waals surface area (Å²) < 4.78 is 0. The number of amides is 2. The number of nitrogens with zero attached hydrogens (tertiary/aromatic N) is 4. The third-order valence-corrected chi connectivity index (χ3v) is 7.89. The molecule has 2 aliphatic heterocycles. The molecular formula is C26H29ClN4O4. The largest absolute Gasteiger partial charge is 0.363 e. The van der Waals surface area contributed by atoms with Crippen molar-refractivity contribution < 1.29 is 14.5 Å². The van der Waals surface area contributed by atoms with Gasteiger partial charge in [0.2, 0.25) is 11.8 Å². The van der Waals surface area contributed by atoms with Crippen molar-refractivity contribution in [2.24, 2.45) is 17.8 Å². The Labute approximate surface area is 209 Å². The summed E-state index contributed by atoms with van der Waals surface area (Å²) in [4.78, 5) is 43.2. The van der Waals surface area contributed by atoms with Gasteiger partial charge < -0.3 is 4.90 Å². The number of anilines is 2. The first kappa shape index (κ1) is 23.8. The van der Waals surface area contributed by atoms with Gasteiger partial charge in [0.1, 0.15) is 5.69 Å². The van der Waals surface area contributed by atoms with E-state index in [1.165, 1.54) is 16.5 Å². The van der Waals surface area contributed by atoms with E-state index in [1.54, 1.807) is 12.1 Å². The maximum absolute atomic E-state index is 13.1. The molecule has 0 N–H and O–H groups in total. The van der Waals surface area contributed by atoms with Crippen molar-refractivity contribution in [3.63, 3.8) is 0 Å². The van der Waals surface area contributed by atoms with Crippen LogP contribution in [-0.2, 0) is 16.1 Å². The number of imide groups is 1. The van der Waals surface area contributed by atoms with E-state index in [-0.39, 0.29) is 29.3 Å². The topological polar surface area (TPSA) is 87.0 Å². The van der Waals surface area contributed by atoms with Gasteiger partial charge in [-0.2, -0.15) is 0 Å². The zero-order valence-corrected chi connectivity index (χ0v) is 20.5. The summed E-state index contributed by atoms with van der Waals surface area (Å²) in [5.74, 6) is -0.637. The Balaban J connectivity index is 1.31. The second-order valence-corrected chi connectivity index (χ2v) is 10.4. The number of hydrogen-bond acceptors (Lipinski definition) is 6. The molecule has 0 radical (unpaired) electrons. The SMILES string of the molecule is CC1CCC2C(=O)N(c3ccc(N4CCN(Cc5ccc(Cl)cc5)CC4)c([N+](=O)[O-])c3)C(=O)C2C1. The van der Waals surface area contributed by atoms with Gasteiger partial charge in [0.05, 0.1) is 22.4 Å². The third-order valence-electron chi connectivity index (χ3n) is 7.63. The van der Waals surface area contributed by atoms with E-state index in [0.29, 0.717) is 48.2 Å². The van der Waals surface area contributed by atoms with Crippen molar-refractivity contribution in [1.82, 2.24) is 4.90 Å². The highest BCUT2D eigenvalue weighted by Gasteiger charge is 2.50. The smallest absolute Gasteiger partial charge is 0.294 e. The number of rotatable bonds is 5. The lowest BCUT2D eigenvalue weighted by molar-refractivity contribution is -0.384. The fraction of sp³-hybridized carbons (Fsp3) is 0.462. The van der Waals surface area contributed by atoms with Crippen LogP contribution in [0.1, 0.15) is 31.7 Å². The average molecular weight is 497 g/mol. The summed E-state index contributed by atoms with van der Waals surface area (Å²) >= 11 is 5.97. The monoisotopic (exact) mass is 496 g/mol. The quantitative estimate of drug-likeness (QED) is 0.344. The number of piperazine rings is 1. The first-order valence-corrected chi connectivity index (χ1v) is 12.6. The summed E-state index contributed by atoms with van der Waals surface area (Å²) in [5.41, 5.74) is 1.93. The maximum Gasteiger partial charge on any atom is 0.294 e. The van der Waals surface area contributed by atoms with Crippen LogP contribution in [0.15, 0.2) is 42.5 Å². The molecule has 9 heteroatoms. The van der Waals surface area contributed by atoms with Gasteiger partial charge in [-0.25, -0.2) is 4.90 Å². The number of carbonyl (C=O) groups excluding carboxylic acids is 2. The molecule has 0 aromatic heterocycles. The van der Waals surface area contributed by atoms with Gasteiger partial charge in [-0.3, -0.25) is 24.6 Å². The van der Waals surface area contributed by atoms with E-state index in [2.05, 4.69) is 11.8 Å². The molecule has 0 bridgehead atoms. The Hall–Kier alpha value is -2.97. The second-order valence-electron chi connectivity index (χ2n) is 9.96. The van der Waals surface area contributed by atoms with Crippen LogP contribution in [0.2, 0.25) is 5.02 Å². The highest BCUT2D eigenvalue weighted by atomic mass is 35.5. The van der Waals surface area contributed by atoms with Gasteiger partial charge >= 0.3 is 0 Å². The van der Waals surface area contributed by atoms with Crippen LogP contribution in [-0.4, -0.2) is 47.8 Å². The molecule has 2 aromatic rings. The van der Waals surface area contributed by atoms with E-state index in [9.17, 15) is 19.7 Å². The molecule has 3 aliphatic rings. The standard InChI is InChI=1S/C26H29ClN4O4/c1-17-2-8-21-22(14-17)26(33)30(25(21)32)20-7-9-23(24(15-20)31(34)35)29-12-10-28(11-13-29)16-18-3-5-19(27)6-4-18/h3-7,9,15,17,21-22H,2,8,10-14,16H2,1H3. The minimum atomic E-state index is -0.418. The molecule has 3 atom stereocenters. The van der Waals surface area contributed by atoms with Crippen molar-refractivity contribution in [1.29, 1.82) is 0 Å². The zero-order valence-electron chi connectivity index (χ0n) is 19.7. The van der Waals surface area contributed by atoms with Crippen LogP contribution in [0.5, 0.6) is 0 Å². The molecule has 1 aliphatic carbocycles. The van der Waals surface area contributed by atoms with Crippen molar-refractivity contribution in [3.8, 4) is 0 Å². The second kappa shape index (κ2) is 9.59. The van der Waals surface area contributed by atoms with Crippen LogP contribution >= 0.6 is 11.6 Å². The molecule has 1 saturated carbocycles. The van der Waals surface area contributed by atoms with E-state index >= 15 is 0 Å². The Bertz CT molecular complexity index is 1150. The van der Waals surface area contributed by atoms with Gasteiger partial charge in [0.25, 0.3) is 5.69 Å². The number of benzene rings is 2. The molecule has 0 spiro atoms. The van der Waals surface area contributed by atoms with Crippen molar-refractivity contribution in [2.75, 3.05) is 36.0 Å². The summed E-state index contributed by atoms with van der Waals surface area (Å²) in [6.07, 6.45) is 2.33. The number of hydrogen-bond donors (Lipinski definition) is 0. The molecular weight excluding hydrogens is 468 g/mol. The molecule has 3 fully saturated rings. The van der Waals surface area contributed by atoms with Gasteiger partial charge in [0.15, 0.2) is 0 Å². The van der Waals surface area contributed by atoms with Crippen molar-refractivity contribution in [2.45, 2.75) is 32.7 Å². The molecule has 184 valence electrons. The lowest BCUT2D eigenvalue weighted by atomic mass is 9.76. The zero-order chi connectivity index (χ0) is 24.7. The van der Waals surface area contributed by atoms with E-state index in [1.807, 2.05) is 29.2 Å². The van der Waals surface area contributed by atoms with Crippen LogP contribution in [0.3, 0.4) is 0 Å². The number of nitro groups is 1. The summed E-state index contributed by atoms with van der Waals surface area (Å²) in [6.45, 7) is 5.74. The van der Waals surface area contributed by atoms with Gasteiger partial charge in [-0.1, -0.05) is 30.7 Å². The molecule has 3 unspecified atom stereocenters. The average Bonchev–Trinajstić information content (AvgIpc) is 3.09. The van der Waals surface area contributed by atoms with Crippen molar-refractivity contribution in [3.05, 3.63) is 63.2 Å². The summed E-state index contributed by atoms with van der Waals surface area (Å²) in [6, 6.07) is 12.5. The fourth-order valence-electron chi connectivity index (χ4n) is 5.70. The van der Waals surface area contributed by atoms with Crippen LogP contribution in [0.4, 0.5) is 17.1 Å². The lowest BCUT2D eigenvalue weighted by Gasteiger charge is -2.36. The highest BCUT2D eigenvalue weighted by molar-refractivity contribution is 6.30. The van der Waals surface area contributed by atoms with Gasteiger partial charge in [-0.15, -0.1) is 0 Å². The predicted molar refractivity (Wildman–Crippen MR) is 135 cm³/mol. The molecule has 2 heterocycles. The van der Waals surface area contributed by atoms with Gasteiger partial charge in [0, 0.05) is 43.8 Å². The van der Waals surface area contributed by atoms with E-state index < -0.39 is 4.92 Å². The number of nitro benzene ring substituents is 1. The van der Waals surface area contributed by atoms with Gasteiger partial charge in [-0.05, 0) is 55.0 Å². The Morgan fingerprint density at radius 1 is 0.971 bits per heavy atom. The third kappa shape index (κ3) is 4.65. The molecule has 2 saturated heterocycles. The maximum atomic E-state index is 13.1. The lowest BCUT2D eigenvalue weighted by Crippen LogP contribution is -2.46. The van der Waals surface area contributed by atoms with Crippen LogP contribution in [0.25, 0.3) is 0 Å². The van der Waals surface area contributed by atoms with Crippen LogP contribution < -0.4 is 9.80 Å². The normalized spacial score (nSPS) is 25.1. The number of fused-ring (bicyclic) bond motifs is 1. The van der Waals surface area contributed by atoms with E-state index in [0.717, 1.165) is 26.1 Å². The first-order valence-electron chi connectivity index (χ1n) is 12.2.